The molecule has 2 aromatic heterocycles. The summed E-state index contributed by atoms with van der Waals surface area (Å²) in [5.74, 6) is 3.21. The molecule has 1 saturated heterocycles. The van der Waals surface area contributed by atoms with Crippen molar-refractivity contribution in [3.63, 3.8) is 0 Å². The molecule has 1 atom stereocenters. The van der Waals surface area contributed by atoms with Gasteiger partial charge in [-0.3, -0.25) is 0 Å². The van der Waals surface area contributed by atoms with Crippen molar-refractivity contribution in [2.75, 3.05) is 11.4 Å². The Morgan fingerprint density at radius 2 is 1.96 bits per heavy atom. The largest absolute Gasteiger partial charge is 0.346 e. The van der Waals surface area contributed by atoms with Gasteiger partial charge in [0.05, 0.1) is 11.6 Å². The van der Waals surface area contributed by atoms with Gasteiger partial charge >= 0.3 is 0 Å². The first-order chi connectivity index (χ1) is 12.8. The van der Waals surface area contributed by atoms with E-state index in [-0.39, 0.29) is 6.04 Å². The van der Waals surface area contributed by atoms with Gasteiger partial charge in [0.1, 0.15) is 18.0 Å². The van der Waals surface area contributed by atoms with E-state index in [9.17, 15) is 0 Å². The molecule has 4 heterocycles. The van der Waals surface area contributed by atoms with Crippen LogP contribution in [0.1, 0.15) is 49.8 Å². The molecule has 0 spiro atoms. The Bertz CT molecular complexity index is 952. The topological polar surface area (TPSA) is 59.7 Å². The van der Waals surface area contributed by atoms with Crippen LogP contribution in [0, 0.1) is 0 Å². The highest BCUT2D eigenvalue weighted by Gasteiger charge is 2.33. The first kappa shape index (κ1) is 16.0. The van der Waals surface area contributed by atoms with Crippen molar-refractivity contribution in [2.45, 2.75) is 51.1 Å². The molecule has 1 aromatic carbocycles. The van der Waals surface area contributed by atoms with E-state index in [2.05, 4.69) is 29.6 Å². The van der Waals surface area contributed by atoms with E-state index < -0.39 is 0 Å². The Balaban J connectivity index is 1.57. The second kappa shape index (κ2) is 6.50. The predicted molar refractivity (Wildman–Crippen MR) is 101 cm³/mol. The second-order valence-electron chi connectivity index (χ2n) is 7.15. The van der Waals surface area contributed by atoms with Gasteiger partial charge in [0, 0.05) is 29.9 Å². The van der Waals surface area contributed by atoms with Crippen molar-refractivity contribution in [2.24, 2.45) is 0 Å². The minimum atomic E-state index is 0.225. The van der Waals surface area contributed by atoms with Crippen LogP contribution in [-0.4, -0.2) is 31.3 Å². The molecule has 3 aromatic rings. The fourth-order valence-electron chi connectivity index (χ4n) is 4.29. The predicted octanol–water partition coefficient (Wildman–Crippen LogP) is 3.94. The van der Waals surface area contributed by atoms with E-state index in [0.717, 1.165) is 60.7 Å². The lowest BCUT2D eigenvalue weighted by Gasteiger charge is -2.26. The summed E-state index contributed by atoms with van der Waals surface area (Å²) in [6.45, 7) is 2.00. The number of hydrogen-bond acceptors (Lipinski definition) is 5. The van der Waals surface area contributed by atoms with Crippen molar-refractivity contribution >= 4 is 28.3 Å². The van der Waals surface area contributed by atoms with Crippen LogP contribution in [0.15, 0.2) is 24.5 Å². The van der Waals surface area contributed by atoms with Gasteiger partial charge in [-0.1, -0.05) is 18.0 Å². The highest BCUT2D eigenvalue weighted by atomic mass is 35.5. The summed E-state index contributed by atoms with van der Waals surface area (Å²) in [7, 11) is 0. The van der Waals surface area contributed by atoms with Crippen LogP contribution < -0.4 is 4.90 Å². The van der Waals surface area contributed by atoms with Crippen LogP contribution in [0.2, 0.25) is 5.02 Å². The number of halogens is 1. The van der Waals surface area contributed by atoms with Crippen molar-refractivity contribution in [1.82, 2.24) is 24.7 Å². The zero-order valence-corrected chi connectivity index (χ0v) is 15.4. The average Bonchev–Trinajstić information content (AvgIpc) is 3.21. The number of aryl methyl sites for hydroxylation is 1. The number of nitrogens with zero attached hydrogens (tertiary/aromatic N) is 6. The van der Waals surface area contributed by atoms with E-state index in [4.69, 9.17) is 11.6 Å². The normalized spacial score (nSPS) is 20.3. The summed E-state index contributed by atoms with van der Waals surface area (Å²) in [6, 6.07) is 6.05. The molecule has 0 N–H and O–H groups in total. The van der Waals surface area contributed by atoms with Crippen LogP contribution in [-0.2, 0) is 13.0 Å². The van der Waals surface area contributed by atoms with E-state index in [0.29, 0.717) is 5.02 Å². The van der Waals surface area contributed by atoms with Crippen LogP contribution in [0.25, 0.3) is 10.9 Å². The molecule has 0 saturated carbocycles. The number of rotatable bonds is 2. The van der Waals surface area contributed by atoms with E-state index >= 15 is 0 Å². The Hall–Kier alpha value is -2.21. The lowest BCUT2D eigenvalue weighted by atomic mass is 10.1. The third kappa shape index (κ3) is 2.63. The smallest absolute Gasteiger partial charge is 0.155 e. The molecule has 0 amide bonds. The first-order valence-corrected chi connectivity index (χ1v) is 9.78. The Morgan fingerprint density at radius 1 is 1.00 bits per heavy atom. The van der Waals surface area contributed by atoms with E-state index in [1.54, 1.807) is 6.33 Å². The van der Waals surface area contributed by atoms with Gasteiger partial charge in [-0.25, -0.2) is 9.97 Å². The summed E-state index contributed by atoms with van der Waals surface area (Å²) < 4.78 is 2.36. The summed E-state index contributed by atoms with van der Waals surface area (Å²) in [5.41, 5.74) is 0.883. The summed E-state index contributed by atoms with van der Waals surface area (Å²) in [5, 5.41) is 10.8. The first-order valence-electron chi connectivity index (χ1n) is 9.40. The van der Waals surface area contributed by atoms with Gasteiger partial charge in [-0.2, -0.15) is 0 Å². The summed E-state index contributed by atoms with van der Waals surface area (Å²) in [6.07, 6.45) is 8.57. The molecular weight excluding hydrogens is 348 g/mol. The quantitative estimate of drug-likeness (QED) is 0.685. The van der Waals surface area contributed by atoms with E-state index in [1.165, 1.54) is 19.3 Å². The van der Waals surface area contributed by atoms with Crippen LogP contribution in [0.3, 0.4) is 0 Å². The monoisotopic (exact) mass is 368 g/mol. The highest BCUT2D eigenvalue weighted by molar-refractivity contribution is 6.31. The third-order valence-corrected chi connectivity index (χ3v) is 5.77. The van der Waals surface area contributed by atoms with E-state index in [1.807, 2.05) is 18.2 Å². The Morgan fingerprint density at radius 3 is 2.92 bits per heavy atom. The number of anilines is 1. The van der Waals surface area contributed by atoms with Crippen LogP contribution >= 0.6 is 11.6 Å². The lowest BCUT2D eigenvalue weighted by Crippen LogP contribution is -2.26. The lowest BCUT2D eigenvalue weighted by molar-refractivity contribution is 0.558. The average molecular weight is 369 g/mol. The minimum absolute atomic E-state index is 0.225. The molecule has 2 aliphatic rings. The van der Waals surface area contributed by atoms with Crippen molar-refractivity contribution < 1.29 is 0 Å². The maximum absolute atomic E-state index is 6.14. The molecular formula is C19H21ClN6. The van der Waals surface area contributed by atoms with Gasteiger partial charge in [0.2, 0.25) is 0 Å². The number of hydrogen-bond donors (Lipinski definition) is 0. The maximum Gasteiger partial charge on any atom is 0.155 e. The zero-order valence-electron chi connectivity index (χ0n) is 14.6. The number of fused-ring (bicyclic) bond motifs is 2. The molecule has 0 aliphatic carbocycles. The van der Waals surface area contributed by atoms with Gasteiger partial charge in [0.15, 0.2) is 5.82 Å². The summed E-state index contributed by atoms with van der Waals surface area (Å²) in [4.78, 5) is 11.4. The Kier molecular flexibility index (Phi) is 4.00. The van der Waals surface area contributed by atoms with Crippen molar-refractivity contribution in [3.8, 4) is 0 Å². The second-order valence-corrected chi connectivity index (χ2v) is 7.58. The molecule has 0 radical (unpaired) electrons. The Labute approximate surface area is 157 Å². The minimum Gasteiger partial charge on any atom is -0.346 e. The molecule has 1 fully saturated rings. The third-order valence-electron chi connectivity index (χ3n) is 5.54. The van der Waals surface area contributed by atoms with Crippen LogP contribution in [0.4, 0.5) is 5.82 Å². The van der Waals surface area contributed by atoms with Gasteiger partial charge in [-0.05, 0) is 43.9 Å². The van der Waals surface area contributed by atoms with Crippen molar-refractivity contribution in [3.05, 3.63) is 41.2 Å². The summed E-state index contributed by atoms with van der Waals surface area (Å²) >= 11 is 6.14. The molecule has 0 bridgehead atoms. The SMILES string of the molecule is Clc1ccc2c(N3CCCC3c3nnc4n3CCCCC4)ncnc2c1. The van der Waals surface area contributed by atoms with Crippen molar-refractivity contribution in [1.29, 1.82) is 0 Å². The zero-order chi connectivity index (χ0) is 17.5. The molecule has 134 valence electrons. The van der Waals surface area contributed by atoms with Gasteiger partial charge in [-0.15, -0.1) is 10.2 Å². The molecule has 7 heteroatoms. The number of aromatic nitrogens is 5. The molecule has 6 nitrogen and oxygen atoms in total. The standard InChI is InChI=1S/C19H21ClN6/c20-13-7-8-14-15(11-13)21-12-22-18(14)25-10-4-5-16(25)19-24-23-17-6-2-1-3-9-26(17)19/h7-8,11-12,16H,1-6,9-10H2. The molecule has 2 aliphatic heterocycles. The molecule has 1 unspecified atom stereocenters. The fourth-order valence-corrected chi connectivity index (χ4v) is 4.45. The number of benzene rings is 1. The van der Waals surface area contributed by atoms with Gasteiger partial charge in [0.25, 0.3) is 0 Å². The maximum atomic E-state index is 6.14. The molecule has 26 heavy (non-hydrogen) atoms. The van der Waals surface area contributed by atoms with Crippen LogP contribution in [0.5, 0.6) is 0 Å². The fraction of sp³-hybridized carbons (Fsp3) is 0.474. The highest BCUT2D eigenvalue weighted by Crippen LogP contribution is 2.38. The van der Waals surface area contributed by atoms with Gasteiger partial charge < -0.3 is 9.47 Å². The molecule has 5 rings (SSSR count).